The number of furan rings is 1. The van der Waals surface area contributed by atoms with Crippen LogP contribution in [-0.4, -0.2) is 17.9 Å². The number of rotatable bonds is 6. The third-order valence-electron chi connectivity index (χ3n) is 4.19. The van der Waals surface area contributed by atoms with Crippen LogP contribution in [0.5, 0.6) is 0 Å². The normalized spacial score (nSPS) is 11.6. The highest BCUT2D eigenvalue weighted by atomic mass is 79.9. The Balaban J connectivity index is 1.68. The molecule has 0 aliphatic carbocycles. The van der Waals surface area contributed by atoms with Gasteiger partial charge < -0.3 is 20.4 Å². The standard InChI is InChI=1S/C21H19BrFN3O3/c1-12(20(27)25-15-5-3-4-14(22)10-15)24-16-6-7-18(23)19(11-16)26-21(28)17-8-9-29-13(17)2/h3-12,24H,1-2H3,(H,25,27)(H,26,28). The van der Waals surface area contributed by atoms with E-state index in [-0.39, 0.29) is 11.6 Å². The lowest BCUT2D eigenvalue weighted by atomic mass is 10.2. The predicted molar refractivity (Wildman–Crippen MR) is 114 cm³/mol. The number of carbonyl (C=O) groups is 2. The van der Waals surface area contributed by atoms with Gasteiger partial charge in [-0.25, -0.2) is 4.39 Å². The molecule has 3 aromatic rings. The molecular formula is C21H19BrFN3O3. The van der Waals surface area contributed by atoms with Crippen molar-refractivity contribution in [2.24, 2.45) is 0 Å². The Hall–Kier alpha value is -3.13. The summed E-state index contributed by atoms with van der Waals surface area (Å²) in [5.74, 6) is -0.883. The molecule has 1 atom stereocenters. The molecule has 0 radical (unpaired) electrons. The lowest BCUT2D eigenvalue weighted by molar-refractivity contribution is -0.116. The van der Waals surface area contributed by atoms with Crippen molar-refractivity contribution in [1.29, 1.82) is 0 Å². The minimum atomic E-state index is -0.598. The third-order valence-corrected chi connectivity index (χ3v) is 4.68. The topological polar surface area (TPSA) is 83.4 Å². The monoisotopic (exact) mass is 459 g/mol. The van der Waals surface area contributed by atoms with Gasteiger partial charge >= 0.3 is 0 Å². The summed E-state index contributed by atoms with van der Waals surface area (Å²) >= 11 is 3.35. The van der Waals surface area contributed by atoms with Crippen LogP contribution in [0.3, 0.4) is 0 Å². The van der Waals surface area contributed by atoms with E-state index < -0.39 is 17.8 Å². The molecule has 150 valence electrons. The van der Waals surface area contributed by atoms with Crippen LogP contribution in [0.25, 0.3) is 0 Å². The summed E-state index contributed by atoms with van der Waals surface area (Å²) in [5.41, 5.74) is 1.47. The van der Waals surface area contributed by atoms with Crippen molar-refractivity contribution < 1.29 is 18.4 Å². The fourth-order valence-corrected chi connectivity index (χ4v) is 3.05. The minimum Gasteiger partial charge on any atom is -0.469 e. The molecule has 6 nitrogen and oxygen atoms in total. The van der Waals surface area contributed by atoms with Crippen LogP contribution >= 0.6 is 15.9 Å². The smallest absolute Gasteiger partial charge is 0.259 e. The summed E-state index contributed by atoms with van der Waals surface area (Å²) in [6, 6.07) is 12.3. The van der Waals surface area contributed by atoms with Crippen molar-refractivity contribution in [2.75, 3.05) is 16.0 Å². The highest BCUT2D eigenvalue weighted by Gasteiger charge is 2.16. The maximum atomic E-state index is 14.1. The van der Waals surface area contributed by atoms with Crippen molar-refractivity contribution in [3.8, 4) is 0 Å². The molecule has 1 heterocycles. The van der Waals surface area contributed by atoms with Crippen LogP contribution in [0.1, 0.15) is 23.0 Å². The number of nitrogens with one attached hydrogen (secondary N) is 3. The summed E-state index contributed by atoms with van der Waals surface area (Å²) in [7, 11) is 0. The number of aryl methyl sites for hydroxylation is 1. The SMILES string of the molecule is Cc1occc1C(=O)Nc1cc(NC(C)C(=O)Nc2cccc(Br)c2)ccc1F. The Morgan fingerprint density at radius 2 is 1.86 bits per heavy atom. The van der Waals surface area contributed by atoms with Crippen LogP contribution in [0.4, 0.5) is 21.5 Å². The maximum Gasteiger partial charge on any atom is 0.259 e. The second kappa shape index (κ2) is 8.91. The van der Waals surface area contributed by atoms with E-state index in [9.17, 15) is 14.0 Å². The van der Waals surface area contributed by atoms with Crippen LogP contribution in [0, 0.1) is 12.7 Å². The Morgan fingerprint density at radius 3 is 2.55 bits per heavy atom. The number of halogens is 2. The minimum absolute atomic E-state index is 0.000183. The summed E-state index contributed by atoms with van der Waals surface area (Å²) in [6.45, 7) is 3.33. The lowest BCUT2D eigenvalue weighted by Gasteiger charge is -2.16. The highest BCUT2D eigenvalue weighted by Crippen LogP contribution is 2.22. The van der Waals surface area contributed by atoms with Gasteiger partial charge in [-0.2, -0.15) is 0 Å². The molecule has 3 rings (SSSR count). The second-order valence-corrected chi connectivity index (χ2v) is 7.32. The first kappa shape index (κ1) is 20.6. The Morgan fingerprint density at radius 1 is 1.07 bits per heavy atom. The van der Waals surface area contributed by atoms with Gasteiger partial charge in [0.1, 0.15) is 17.6 Å². The number of hydrogen-bond donors (Lipinski definition) is 3. The third kappa shape index (κ3) is 5.23. The van der Waals surface area contributed by atoms with Crippen molar-refractivity contribution in [2.45, 2.75) is 19.9 Å². The summed E-state index contributed by atoms with van der Waals surface area (Å²) in [4.78, 5) is 24.7. The molecule has 3 N–H and O–H groups in total. The molecule has 1 aromatic heterocycles. The summed E-state index contributed by atoms with van der Waals surface area (Å²) < 4.78 is 20.1. The zero-order valence-electron chi connectivity index (χ0n) is 15.8. The van der Waals surface area contributed by atoms with Gasteiger partial charge in [0.05, 0.1) is 17.5 Å². The molecule has 8 heteroatoms. The molecule has 0 fully saturated rings. The van der Waals surface area contributed by atoms with E-state index in [1.54, 1.807) is 26.0 Å². The van der Waals surface area contributed by atoms with Gasteiger partial charge in [0.2, 0.25) is 5.91 Å². The van der Waals surface area contributed by atoms with Gasteiger partial charge in [-0.1, -0.05) is 22.0 Å². The number of anilines is 3. The molecule has 0 bridgehead atoms. The summed E-state index contributed by atoms with van der Waals surface area (Å²) in [5, 5.41) is 8.33. The van der Waals surface area contributed by atoms with Crippen LogP contribution in [-0.2, 0) is 4.79 Å². The van der Waals surface area contributed by atoms with Crippen molar-refractivity contribution in [1.82, 2.24) is 0 Å². The van der Waals surface area contributed by atoms with Crippen LogP contribution in [0.15, 0.2) is 63.7 Å². The van der Waals surface area contributed by atoms with Crippen LogP contribution in [0.2, 0.25) is 0 Å². The molecule has 0 aliphatic rings. The second-order valence-electron chi connectivity index (χ2n) is 6.40. The predicted octanol–water partition coefficient (Wildman–Crippen LogP) is 5.18. The van der Waals surface area contributed by atoms with E-state index in [1.807, 2.05) is 12.1 Å². The molecular weight excluding hydrogens is 441 g/mol. The molecule has 2 amide bonds. The maximum absolute atomic E-state index is 14.1. The molecule has 0 saturated heterocycles. The van der Waals surface area contributed by atoms with E-state index in [0.717, 1.165) is 4.47 Å². The first-order chi connectivity index (χ1) is 13.8. The van der Waals surface area contributed by atoms with E-state index in [2.05, 4.69) is 31.9 Å². The highest BCUT2D eigenvalue weighted by molar-refractivity contribution is 9.10. The van der Waals surface area contributed by atoms with Crippen molar-refractivity contribution in [3.05, 3.63) is 76.4 Å². The van der Waals surface area contributed by atoms with Gasteiger partial charge in [-0.3, -0.25) is 9.59 Å². The quantitative estimate of drug-likeness (QED) is 0.474. The zero-order chi connectivity index (χ0) is 21.0. The van der Waals surface area contributed by atoms with Crippen LogP contribution < -0.4 is 16.0 Å². The Kier molecular flexibility index (Phi) is 6.33. The van der Waals surface area contributed by atoms with Gasteiger partial charge in [-0.15, -0.1) is 0 Å². The fraction of sp³-hybridized carbons (Fsp3) is 0.143. The molecule has 29 heavy (non-hydrogen) atoms. The van der Waals surface area contributed by atoms with Gasteiger partial charge in [0, 0.05) is 15.8 Å². The molecule has 2 aromatic carbocycles. The summed E-state index contributed by atoms with van der Waals surface area (Å²) in [6.07, 6.45) is 1.39. The number of benzene rings is 2. The first-order valence-corrected chi connectivity index (χ1v) is 9.61. The molecule has 0 aliphatic heterocycles. The van der Waals surface area contributed by atoms with Gasteiger partial charge in [0.25, 0.3) is 5.91 Å². The first-order valence-electron chi connectivity index (χ1n) is 8.81. The average Bonchev–Trinajstić information content (AvgIpc) is 3.10. The van der Waals surface area contributed by atoms with E-state index >= 15 is 0 Å². The Labute approximate surface area is 175 Å². The molecule has 1 unspecified atom stereocenters. The number of hydrogen-bond acceptors (Lipinski definition) is 4. The van der Waals surface area contributed by atoms with E-state index in [0.29, 0.717) is 22.7 Å². The van der Waals surface area contributed by atoms with Gasteiger partial charge in [-0.05, 0) is 56.3 Å². The Bertz CT molecular complexity index is 1050. The molecule has 0 saturated carbocycles. The zero-order valence-corrected chi connectivity index (χ0v) is 17.3. The average molecular weight is 460 g/mol. The van der Waals surface area contributed by atoms with Crippen molar-refractivity contribution >= 4 is 44.8 Å². The van der Waals surface area contributed by atoms with E-state index in [1.165, 1.54) is 30.5 Å². The lowest BCUT2D eigenvalue weighted by Crippen LogP contribution is -2.31. The van der Waals surface area contributed by atoms with Gasteiger partial charge in [0.15, 0.2) is 0 Å². The molecule has 0 spiro atoms. The number of carbonyl (C=O) groups excluding carboxylic acids is 2. The fourth-order valence-electron chi connectivity index (χ4n) is 2.65. The van der Waals surface area contributed by atoms with E-state index in [4.69, 9.17) is 4.42 Å². The largest absolute Gasteiger partial charge is 0.469 e. The number of amides is 2. The van der Waals surface area contributed by atoms with Crippen molar-refractivity contribution in [3.63, 3.8) is 0 Å².